The Kier molecular flexibility index (Phi) is 8.86. The van der Waals surface area contributed by atoms with Crippen molar-refractivity contribution in [2.75, 3.05) is 31.1 Å². The van der Waals surface area contributed by atoms with Crippen LogP contribution in [0.3, 0.4) is 0 Å². The summed E-state index contributed by atoms with van der Waals surface area (Å²) in [5, 5.41) is 11.9. The summed E-state index contributed by atoms with van der Waals surface area (Å²) in [4.78, 5) is 29.2. The molecule has 1 saturated heterocycles. The number of benzene rings is 1. The minimum atomic E-state index is -0.135. The van der Waals surface area contributed by atoms with Gasteiger partial charge in [-0.25, -0.2) is 0 Å². The Balaban J connectivity index is 1.85. The number of hydrogen-bond acceptors (Lipinski definition) is 4. The number of piperidine rings is 1. The van der Waals surface area contributed by atoms with Crippen molar-refractivity contribution in [3.8, 4) is 6.07 Å². The van der Waals surface area contributed by atoms with Crippen molar-refractivity contribution in [1.29, 1.82) is 5.26 Å². The number of nitrogens with zero attached hydrogens (tertiary/aromatic N) is 3. The first-order valence-corrected chi connectivity index (χ1v) is 11.0. The number of anilines is 1. The van der Waals surface area contributed by atoms with E-state index < -0.39 is 0 Å². The molecule has 164 valence electrons. The van der Waals surface area contributed by atoms with Gasteiger partial charge in [0.1, 0.15) is 0 Å². The van der Waals surface area contributed by atoms with E-state index in [1.165, 1.54) is 6.42 Å². The molecule has 1 aliphatic rings. The van der Waals surface area contributed by atoms with Crippen molar-refractivity contribution in [1.82, 2.24) is 10.2 Å². The number of para-hydroxylation sites is 1. The van der Waals surface area contributed by atoms with Gasteiger partial charge in [-0.15, -0.1) is 0 Å². The summed E-state index contributed by atoms with van der Waals surface area (Å²) < 4.78 is 0. The van der Waals surface area contributed by atoms with E-state index in [4.69, 9.17) is 5.26 Å². The molecular formula is C24H36N4O2. The molecular weight excluding hydrogens is 376 g/mol. The highest BCUT2D eigenvalue weighted by Gasteiger charge is 2.32. The molecule has 0 aromatic heterocycles. The van der Waals surface area contributed by atoms with Crippen molar-refractivity contribution in [2.24, 2.45) is 11.8 Å². The molecule has 0 aliphatic carbocycles. The molecule has 1 aromatic carbocycles. The van der Waals surface area contributed by atoms with Crippen molar-refractivity contribution in [3.05, 3.63) is 30.3 Å². The molecule has 30 heavy (non-hydrogen) atoms. The molecule has 1 heterocycles. The lowest BCUT2D eigenvalue weighted by Crippen LogP contribution is -2.56. The van der Waals surface area contributed by atoms with E-state index in [0.717, 1.165) is 18.8 Å². The van der Waals surface area contributed by atoms with Crippen molar-refractivity contribution in [3.63, 3.8) is 0 Å². The summed E-state index contributed by atoms with van der Waals surface area (Å²) in [6.07, 6.45) is 1.79. The molecule has 0 radical (unpaired) electrons. The summed E-state index contributed by atoms with van der Waals surface area (Å²) in [5.41, 5.74) is 0.637. The van der Waals surface area contributed by atoms with Crippen molar-refractivity contribution < 1.29 is 9.59 Å². The predicted octanol–water partition coefficient (Wildman–Crippen LogP) is 3.59. The second kappa shape index (κ2) is 11.1. The van der Waals surface area contributed by atoms with Crippen LogP contribution in [-0.2, 0) is 9.59 Å². The third-order valence-corrected chi connectivity index (χ3v) is 5.83. The van der Waals surface area contributed by atoms with Crippen LogP contribution in [-0.4, -0.2) is 48.4 Å². The number of hydrogen-bond donors (Lipinski definition) is 1. The van der Waals surface area contributed by atoms with Crippen LogP contribution in [0, 0.1) is 23.2 Å². The molecule has 0 spiro atoms. The third-order valence-electron chi connectivity index (χ3n) is 5.83. The highest BCUT2D eigenvalue weighted by atomic mass is 16.2. The number of rotatable bonds is 9. The Labute approximate surface area is 181 Å². The first kappa shape index (κ1) is 23.9. The van der Waals surface area contributed by atoms with E-state index in [2.05, 4.69) is 44.0 Å². The number of carbonyl (C=O) groups is 2. The SMILES string of the molecule is CC1CC(C)CN(C(C)(C)CNC(=O)CCC(=O)N(CCC#N)c2ccccc2)C1. The monoisotopic (exact) mass is 412 g/mol. The number of likely N-dealkylation sites (tertiary alicyclic amines) is 1. The van der Waals surface area contributed by atoms with Crippen LogP contribution in [0.5, 0.6) is 0 Å². The van der Waals surface area contributed by atoms with Gasteiger partial charge in [0.25, 0.3) is 0 Å². The normalized spacial score (nSPS) is 19.7. The third kappa shape index (κ3) is 7.14. The van der Waals surface area contributed by atoms with Crippen LogP contribution in [0.1, 0.15) is 53.4 Å². The summed E-state index contributed by atoms with van der Waals surface area (Å²) >= 11 is 0. The van der Waals surface area contributed by atoms with Gasteiger partial charge in [0.2, 0.25) is 11.8 Å². The van der Waals surface area contributed by atoms with Crippen LogP contribution in [0.2, 0.25) is 0 Å². The summed E-state index contributed by atoms with van der Waals surface area (Å²) in [6.45, 7) is 11.9. The molecule has 0 saturated carbocycles. The zero-order valence-corrected chi connectivity index (χ0v) is 18.9. The maximum atomic E-state index is 12.7. The van der Waals surface area contributed by atoms with Crippen LogP contribution >= 0.6 is 0 Å². The lowest BCUT2D eigenvalue weighted by Gasteiger charge is -2.45. The Morgan fingerprint density at radius 1 is 1.17 bits per heavy atom. The van der Waals surface area contributed by atoms with Gasteiger partial charge in [0.15, 0.2) is 0 Å². The molecule has 2 atom stereocenters. The fourth-order valence-electron chi connectivity index (χ4n) is 4.20. The van der Waals surface area contributed by atoms with Gasteiger partial charge in [0, 0.05) is 50.2 Å². The minimum Gasteiger partial charge on any atom is -0.354 e. The van der Waals surface area contributed by atoms with E-state index >= 15 is 0 Å². The zero-order chi connectivity index (χ0) is 22.1. The summed E-state index contributed by atoms with van der Waals surface area (Å²) in [7, 11) is 0. The minimum absolute atomic E-state index is 0.108. The zero-order valence-electron chi connectivity index (χ0n) is 18.9. The first-order chi connectivity index (χ1) is 14.2. The molecule has 1 aromatic rings. The van der Waals surface area contributed by atoms with Gasteiger partial charge in [-0.1, -0.05) is 32.0 Å². The van der Waals surface area contributed by atoms with Crippen LogP contribution < -0.4 is 10.2 Å². The van der Waals surface area contributed by atoms with Crippen LogP contribution in [0.25, 0.3) is 0 Å². The number of nitrogens with one attached hydrogen (secondary N) is 1. The second-order valence-corrected chi connectivity index (χ2v) is 9.23. The Hall–Kier alpha value is -2.39. The van der Waals surface area contributed by atoms with Gasteiger partial charge < -0.3 is 10.2 Å². The van der Waals surface area contributed by atoms with Crippen molar-refractivity contribution >= 4 is 17.5 Å². The van der Waals surface area contributed by atoms with Gasteiger partial charge in [0.05, 0.1) is 12.5 Å². The molecule has 2 rings (SSSR count). The number of amides is 2. The van der Waals surface area contributed by atoms with Gasteiger partial charge >= 0.3 is 0 Å². The topological polar surface area (TPSA) is 76.4 Å². The second-order valence-electron chi connectivity index (χ2n) is 9.23. The fraction of sp³-hybridized carbons (Fsp3) is 0.625. The molecule has 2 amide bonds. The molecule has 6 heteroatoms. The van der Waals surface area contributed by atoms with Crippen LogP contribution in [0.15, 0.2) is 30.3 Å². The van der Waals surface area contributed by atoms with E-state index in [1.807, 2.05) is 30.3 Å². The highest BCUT2D eigenvalue weighted by Crippen LogP contribution is 2.26. The Morgan fingerprint density at radius 2 is 1.80 bits per heavy atom. The lowest BCUT2D eigenvalue weighted by atomic mass is 9.88. The van der Waals surface area contributed by atoms with Gasteiger partial charge in [-0.3, -0.25) is 14.5 Å². The molecule has 0 bridgehead atoms. The maximum Gasteiger partial charge on any atom is 0.227 e. The average Bonchev–Trinajstić information content (AvgIpc) is 2.71. The molecule has 1 aliphatic heterocycles. The van der Waals surface area contributed by atoms with E-state index in [9.17, 15) is 9.59 Å². The number of nitriles is 1. The standard InChI is InChI=1S/C24H36N4O2/c1-19-15-20(2)17-27(16-19)24(3,4)18-26-22(29)11-12-23(30)28(14-8-13-25)21-9-6-5-7-10-21/h5-7,9-10,19-20H,8,11-12,14-18H2,1-4H3,(H,26,29). The van der Waals surface area contributed by atoms with Crippen LogP contribution in [0.4, 0.5) is 5.69 Å². The fourth-order valence-corrected chi connectivity index (χ4v) is 4.20. The molecule has 1 fully saturated rings. The lowest BCUT2D eigenvalue weighted by molar-refractivity contribution is -0.125. The van der Waals surface area contributed by atoms with E-state index in [-0.39, 0.29) is 36.6 Å². The predicted molar refractivity (Wildman–Crippen MR) is 120 cm³/mol. The maximum absolute atomic E-state index is 12.7. The van der Waals surface area contributed by atoms with Crippen molar-refractivity contribution in [2.45, 2.75) is 58.9 Å². The molecule has 6 nitrogen and oxygen atoms in total. The summed E-state index contributed by atoms with van der Waals surface area (Å²) in [5.74, 6) is 1.09. The van der Waals surface area contributed by atoms with Gasteiger partial charge in [-0.05, 0) is 44.2 Å². The largest absolute Gasteiger partial charge is 0.354 e. The average molecular weight is 413 g/mol. The molecule has 1 N–H and O–H groups in total. The first-order valence-electron chi connectivity index (χ1n) is 11.0. The smallest absolute Gasteiger partial charge is 0.227 e. The summed E-state index contributed by atoms with van der Waals surface area (Å²) in [6, 6.07) is 11.4. The number of carbonyl (C=O) groups excluding carboxylic acids is 2. The highest BCUT2D eigenvalue weighted by molar-refractivity contribution is 5.95. The van der Waals surface area contributed by atoms with Gasteiger partial charge in [-0.2, -0.15) is 5.26 Å². The Morgan fingerprint density at radius 3 is 2.40 bits per heavy atom. The Bertz CT molecular complexity index is 731. The van der Waals surface area contributed by atoms with E-state index in [0.29, 0.717) is 24.9 Å². The molecule has 2 unspecified atom stereocenters. The van der Waals surface area contributed by atoms with E-state index in [1.54, 1.807) is 4.90 Å². The quantitative estimate of drug-likeness (QED) is 0.672.